The smallest absolute Gasteiger partial charge is 0.320 e. The summed E-state index contributed by atoms with van der Waals surface area (Å²) < 4.78 is 10.5. The highest BCUT2D eigenvalue weighted by Gasteiger charge is 2.28. The predicted octanol–water partition coefficient (Wildman–Crippen LogP) is 1.75. The molecule has 2 aliphatic rings. The summed E-state index contributed by atoms with van der Waals surface area (Å²) in [7, 11) is 3.41. The Labute approximate surface area is 166 Å². The van der Waals surface area contributed by atoms with Crippen LogP contribution in [0.15, 0.2) is 24.3 Å². The minimum atomic E-state index is -0.0965. The predicted molar refractivity (Wildman–Crippen MR) is 105 cm³/mol. The number of benzene rings is 1. The quantitative estimate of drug-likeness (QED) is 0.850. The van der Waals surface area contributed by atoms with E-state index >= 15 is 0 Å². The second-order valence-electron chi connectivity index (χ2n) is 7.30. The topological polar surface area (TPSA) is 74.4 Å². The van der Waals surface area contributed by atoms with Crippen LogP contribution in [0.25, 0.3) is 0 Å². The highest BCUT2D eigenvalue weighted by Crippen LogP contribution is 2.16. The molecule has 8 nitrogen and oxygen atoms in total. The summed E-state index contributed by atoms with van der Waals surface area (Å²) in [5.74, 6) is 0.781. The zero-order valence-corrected chi connectivity index (χ0v) is 16.7. The van der Waals surface area contributed by atoms with E-state index in [1.807, 2.05) is 34.1 Å². The normalized spacial score (nSPS) is 17.9. The molecule has 2 saturated heterocycles. The van der Waals surface area contributed by atoms with E-state index in [4.69, 9.17) is 9.47 Å². The van der Waals surface area contributed by atoms with Crippen molar-refractivity contribution in [3.63, 3.8) is 0 Å². The number of hydrogen-bond donors (Lipinski definition) is 1. The van der Waals surface area contributed by atoms with Crippen molar-refractivity contribution in [2.75, 3.05) is 53.6 Å². The van der Waals surface area contributed by atoms with Crippen LogP contribution in [-0.4, -0.2) is 86.4 Å². The van der Waals surface area contributed by atoms with E-state index in [-0.39, 0.29) is 18.1 Å². The van der Waals surface area contributed by atoms with E-state index in [1.165, 1.54) is 0 Å². The first-order valence-electron chi connectivity index (χ1n) is 9.83. The Morgan fingerprint density at radius 2 is 1.86 bits per heavy atom. The lowest BCUT2D eigenvalue weighted by Crippen LogP contribution is -2.53. The number of carbonyl (C=O) groups excluding carboxylic acids is 2. The van der Waals surface area contributed by atoms with E-state index in [0.29, 0.717) is 45.9 Å². The average Bonchev–Trinajstić information content (AvgIpc) is 2.74. The van der Waals surface area contributed by atoms with Crippen molar-refractivity contribution in [1.82, 2.24) is 20.0 Å². The van der Waals surface area contributed by atoms with Crippen LogP contribution in [0, 0.1) is 0 Å². The Morgan fingerprint density at radius 1 is 1.18 bits per heavy atom. The van der Waals surface area contributed by atoms with Crippen LogP contribution >= 0.6 is 0 Å². The number of amides is 4. The highest BCUT2D eigenvalue weighted by molar-refractivity contribution is 5.75. The summed E-state index contributed by atoms with van der Waals surface area (Å²) in [6, 6.07) is 7.79. The van der Waals surface area contributed by atoms with Crippen molar-refractivity contribution < 1.29 is 19.1 Å². The molecule has 28 heavy (non-hydrogen) atoms. The maximum absolute atomic E-state index is 12.5. The van der Waals surface area contributed by atoms with E-state index in [9.17, 15) is 9.59 Å². The minimum Gasteiger partial charge on any atom is -0.497 e. The van der Waals surface area contributed by atoms with Gasteiger partial charge in [0.05, 0.1) is 20.3 Å². The molecule has 1 N–H and O–H groups in total. The molecule has 0 aliphatic carbocycles. The summed E-state index contributed by atoms with van der Waals surface area (Å²) in [5.41, 5.74) is 1.02. The van der Waals surface area contributed by atoms with Crippen molar-refractivity contribution in [2.45, 2.75) is 25.4 Å². The van der Waals surface area contributed by atoms with Gasteiger partial charge in [0.1, 0.15) is 5.75 Å². The molecule has 2 fully saturated rings. The molecule has 154 valence electrons. The number of ether oxygens (including phenoxy) is 2. The zero-order chi connectivity index (χ0) is 19.9. The molecule has 0 spiro atoms. The van der Waals surface area contributed by atoms with Crippen LogP contribution in [0.1, 0.15) is 18.4 Å². The summed E-state index contributed by atoms with van der Waals surface area (Å²) >= 11 is 0. The van der Waals surface area contributed by atoms with Gasteiger partial charge in [-0.05, 0) is 30.5 Å². The van der Waals surface area contributed by atoms with E-state index < -0.39 is 0 Å². The third-order valence-corrected chi connectivity index (χ3v) is 5.28. The largest absolute Gasteiger partial charge is 0.497 e. The molecule has 0 saturated carbocycles. The number of rotatable bonds is 4. The molecule has 0 unspecified atom stereocenters. The number of carbonyl (C=O) groups is 2. The van der Waals surface area contributed by atoms with Gasteiger partial charge in [-0.3, -0.25) is 0 Å². The van der Waals surface area contributed by atoms with Crippen LogP contribution in [0.5, 0.6) is 5.75 Å². The van der Waals surface area contributed by atoms with Gasteiger partial charge in [0.2, 0.25) is 0 Å². The number of nitrogens with zero attached hydrogens (tertiary/aromatic N) is 3. The van der Waals surface area contributed by atoms with Gasteiger partial charge in [0.15, 0.2) is 0 Å². The summed E-state index contributed by atoms with van der Waals surface area (Å²) in [6.07, 6.45) is 1.55. The molecule has 4 amide bonds. The Bertz CT molecular complexity index is 670. The number of piperidine rings is 1. The number of urea groups is 2. The fraction of sp³-hybridized carbons (Fsp3) is 0.600. The Hall–Kier alpha value is -2.48. The van der Waals surface area contributed by atoms with Gasteiger partial charge in [-0.2, -0.15) is 0 Å². The van der Waals surface area contributed by atoms with E-state index in [1.54, 1.807) is 19.1 Å². The Balaban J connectivity index is 1.43. The molecule has 1 aromatic carbocycles. The van der Waals surface area contributed by atoms with Crippen LogP contribution < -0.4 is 10.1 Å². The van der Waals surface area contributed by atoms with Crippen molar-refractivity contribution >= 4 is 12.1 Å². The first-order chi connectivity index (χ1) is 13.6. The number of nitrogens with one attached hydrogen (secondary N) is 1. The van der Waals surface area contributed by atoms with Gasteiger partial charge in [0, 0.05) is 45.8 Å². The summed E-state index contributed by atoms with van der Waals surface area (Å²) in [4.78, 5) is 30.5. The standard InChI is InChI=1S/C20H30N4O4/c1-22(15-16-4-3-5-18(14-16)27-2)19(25)21-17-6-8-23(9-7-17)20(26)24-10-12-28-13-11-24/h3-5,14,17H,6-13,15H2,1-2H3,(H,21,25). The van der Waals surface area contributed by atoms with Crippen molar-refractivity contribution in [3.8, 4) is 5.75 Å². The zero-order valence-electron chi connectivity index (χ0n) is 16.7. The fourth-order valence-electron chi connectivity index (χ4n) is 3.57. The first kappa shape index (κ1) is 20.3. The van der Waals surface area contributed by atoms with Gasteiger partial charge < -0.3 is 29.5 Å². The molecular formula is C20H30N4O4. The van der Waals surface area contributed by atoms with E-state index in [0.717, 1.165) is 24.2 Å². The number of methoxy groups -OCH3 is 1. The molecule has 2 aliphatic heterocycles. The SMILES string of the molecule is COc1cccc(CN(C)C(=O)NC2CCN(C(=O)N3CCOCC3)CC2)c1. The lowest BCUT2D eigenvalue weighted by Gasteiger charge is -2.37. The lowest BCUT2D eigenvalue weighted by atomic mass is 10.1. The van der Waals surface area contributed by atoms with Crippen molar-refractivity contribution in [3.05, 3.63) is 29.8 Å². The molecule has 3 rings (SSSR count). The van der Waals surface area contributed by atoms with Crippen molar-refractivity contribution in [1.29, 1.82) is 0 Å². The van der Waals surface area contributed by atoms with Gasteiger partial charge in [-0.1, -0.05) is 12.1 Å². The number of hydrogen-bond acceptors (Lipinski definition) is 4. The first-order valence-corrected chi connectivity index (χ1v) is 9.83. The third-order valence-electron chi connectivity index (χ3n) is 5.28. The van der Waals surface area contributed by atoms with Crippen LogP contribution in [0.2, 0.25) is 0 Å². The molecule has 1 aromatic rings. The maximum atomic E-state index is 12.5. The number of likely N-dealkylation sites (tertiary alicyclic amines) is 1. The number of morpholine rings is 1. The molecule has 0 aromatic heterocycles. The Morgan fingerprint density at radius 3 is 2.54 bits per heavy atom. The average molecular weight is 390 g/mol. The van der Waals surface area contributed by atoms with Gasteiger partial charge in [-0.15, -0.1) is 0 Å². The monoisotopic (exact) mass is 390 g/mol. The third kappa shape index (κ3) is 5.28. The molecule has 0 atom stereocenters. The summed E-state index contributed by atoms with van der Waals surface area (Å²) in [5, 5.41) is 3.09. The van der Waals surface area contributed by atoms with E-state index in [2.05, 4.69) is 5.32 Å². The van der Waals surface area contributed by atoms with Crippen LogP contribution in [0.4, 0.5) is 9.59 Å². The highest BCUT2D eigenvalue weighted by atomic mass is 16.5. The fourth-order valence-corrected chi connectivity index (χ4v) is 3.57. The maximum Gasteiger partial charge on any atom is 0.320 e. The summed E-state index contributed by atoms with van der Waals surface area (Å²) in [6.45, 7) is 4.38. The molecule has 0 bridgehead atoms. The minimum absolute atomic E-state index is 0.0863. The lowest BCUT2D eigenvalue weighted by molar-refractivity contribution is 0.0408. The second kappa shape index (κ2) is 9.64. The molecular weight excluding hydrogens is 360 g/mol. The Kier molecular flexibility index (Phi) is 6.97. The van der Waals surface area contributed by atoms with Crippen molar-refractivity contribution in [2.24, 2.45) is 0 Å². The molecule has 0 radical (unpaired) electrons. The second-order valence-corrected chi connectivity index (χ2v) is 7.30. The molecule has 2 heterocycles. The van der Waals surface area contributed by atoms with Gasteiger partial charge >= 0.3 is 12.1 Å². The van der Waals surface area contributed by atoms with Gasteiger partial charge in [0.25, 0.3) is 0 Å². The van der Waals surface area contributed by atoms with Crippen LogP contribution in [0.3, 0.4) is 0 Å². The van der Waals surface area contributed by atoms with Gasteiger partial charge in [-0.25, -0.2) is 9.59 Å². The molecule has 8 heteroatoms. The van der Waals surface area contributed by atoms with Crippen LogP contribution in [-0.2, 0) is 11.3 Å².